The molecule has 1 aromatic carbocycles. The van der Waals surface area contributed by atoms with E-state index in [9.17, 15) is 4.79 Å². The zero-order chi connectivity index (χ0) is 14.4. The van der Waals surface area contributed by atoms with Crippen LogP contribution in [0.5, 0.6) is 0 Å². The van der Waals surface area contributed by atoms with E-state index in [1.807, 2.05) is 23.1 Å². The van der Waals surface area contributed by atoms with Gasteiger partial charge >= 0.3 is 6.03 Å². The Morgan fingerprint density at radius 3 is 2.85 bits per heavy atom. The molecule has 1 unspecified atom stereocenters. The normalized spacial score (nSPS) is 18.6. The van der Waals surface area contributed by atoms with Gasteiger partial charge in [0.2, 0.25) is 0 Å². The van der Waals surface area contributed by atoms with Gasteiger partial charge in [-0.3, -0.25) is 0 Å². The van der Waals surface area contributed by atoms with Crippen molar-refractivity contribution in [2.24, 2.45) is 5.92 Å². The molecule has 2 amide bonds. The van der Waals surface area contributed by atoms with Gasteiger partial charge in [-0.25, -0.2) is 4.79 Å². The van der Waals surface area contributed by atoms with E-state index in [2.05, 4.69) is 31.3 Å². The first-order valence-electron chi connectivity index (χ1n) is 7.33. The van der Waals surface area contributed by atoms with Crippen LogP contribution >= 0.6 is 0 Å². The minimum atomic E-state index is 0.0320. The summed E-state index contributed by atoms with van der Waals surface area (Å²) in [4.78, 5) is 13.8. The minimum absolute atomic E-state index is 0.0320. The number of carbonyl (C=O) groups is 1. The number of ether oxygens (including phenoxy) is 1. The molecule has 4 heteroatoms. The monoisotopic (exact) mass is 276 g/mol. The zero-order valence-electron chi connectivity index (χ0n) is 12.3. The van der Waals surface area contributed by atoms with Gasteiger partial charge in [0.1, 0.15) is 0 Å². The lowest BCUT2D eigenvalue weighted by atomic mass is 10.2. The summed E-state index contributed by atoms with van der Waals surface area (Å²) in [5.41, 5.74) is 1.18. The van der Waals surface area contributed by atoms with E-state index < -0.39 is 0 Å². The van der Waals surface area contributed by atoms with Gasteiger partial charge in [0.05, 0.1) is 12.7 Å². The van der Waals surface area contributed by atoms with Crippen LogP contribution in [-0.2, 0) is 11.3 Å². The second-order valence-corrected chi connectivity index (χ2v) is 5.73. The number of nitrogens with zero attached hydrogens (tertiary/aromatic N) is 1. The summed E-state index contributed by atoms with van der Waals surface area (Å²) in [6.45, 7) is 7.00. The zero-order valence-corrected chi connectivity index (χ0v) is 12.3. The number of nitrogens with one attached hydrogen (secondary N) is 1. The van der Waals surface area contributed by atoms with Crippen LogP contribution in [0.3, 0.4) is 0 Å². The second kappa shape index (κ2) is 7.29. The Kier molecular flexibility index (Phi) is 5.41. The van der Waals surface area contributed by atoms with Gasteiger partial charge in [0.25, 0.3) is 0 Å². The molecule has 1 fully saturated rings. The Labute approximate surface area is 121 Å². The Hall–Kier alpha value is -1.55. The fourth-order valence-electron chi connectivity index (χ4n) is 2.24. The standard InChI is InChI=1S/C16H24N2O2/c1-13(2)10-17-16(19)18-9-8-15(11-18)20-12-14-6-4-3-5-7-14/h3-7,13,15H,8-12H2,1-2H3,(H,17,19). The molecule has 1 saturated heterocycles. The predicted molar refractivity (Wildman–Crippen MR) is 79.4 cm³/mol. The third-order valence-electron chi connectivity index (χ3n) is 3.42. The molecule has 1 aliphatic rings. The highest BCUT2D eigenvalue weighted by molar-refractivity contribution is 5.74. The second-order valence-electron chi connectivity index (χ2n) is 5.73. The van der Waals surface area contributed by atoms with Gasteiger partial charge in [-0.15, -0.1) is 0 Å². The third-order valence-corrected chi connectivity index (χ3v) is 3.42. The fourth-order valence-corrected chi connectivity index (χ4v) is 2.24. The summed E-state index contributed by atoms with van der Waals surface area (Å²) in [7, 11) is 0. The summed E-state index contributed by atoms with van der Waals surface area (Å²) in [6.07, 6.45) is 1.07. The average Bonchev–Trinajstić information content (AvgIpc) is 2.92. The number of rotatable bonds is 5. The lowest BCUT2D eigenvalue weighted by Gasteiger charge is -2.18. The molecule has 0 radical (unpaired) electrons. The summed E-state index contributed by atoms with van der Waals surface area (Å²) in [5.74, 6) is 0.478. The van der Waals surface area contributed by atoms with Crippen molar-refractivity contribution in [1.29, 1.82) is 0 Å². The van der Waals surface area contributed by atoms with Gasteiger partial charge in [0, 0.05) is 19.6 Å². The highest BCUT2D eigenvalue weighted by atomic mass is 16.5. The van der Waals surface area contributed by atoms with Crippen molar-refractivity contribution in [2.45, 2.75) is 33.0 Å². The van der Waals surface area contributed by atoms with E-state index in [0.717, 1.165) is 19.5 Å². The molecular formula is C16H24N2O2. The predicted octanol–water partition coefficient (Wildman–Crippen LogP) is 2.64. The van der Waals surface area contributed by atoms with Crippen molar-refractivity contribution in [3.63, 3.8) is 0 Å². The van der Waals surface area contributed by atoms with E-state index in [0.29, 0.717) is 19.1 Å². The molecule has 2 rings (SSSR count). The van der Waals surface area contributed by atoms with Crippen molar-refractivity contribution in [1.82, 2.24) is 10.2 Å². The average molecular weight is 276 g/mol. The lowest BCUT2D eigenvalue weighted by Crippen LogP contribution is -2.40. The summed E-state index contributed by atoms with van der Waals surface area (Å²) < 4.78 is 5.87. The topological polar surface area (TPSA) is 41.6 Å². The molecule has 1 N–H and O–H groups in total. The number of urea groups is 1. The van der Waals surface area contributed by atoms with Crippen LogP contribution in [-0.4, -0.2) is 36.7 Å². The smallest absolute Gasteiger partial charge is 0.317 e. The lowest BCUT2D eigenvalue weighted by molar-refractivity contribution is 0.0487. The molecule has 1 aromatic rings. The Balaban J connectivity index is 1.71. The number of carbonyl (C=O) groups excluding carboxylic acids is 1. The summed E-state index contributed by atoms with van der Waals surface area (Å²) in [6, 6.07) is 10.2. The molecule has 0 aliphatic carbocycles. The first kappa shape index (κ1) is 14.9. The van der Waals surface area contributed by atoms with Crippen LogP contribution in [0.25, 0.3) is 0 Å². The van der Waals surface area contributed by atoms with Crippen LogP contribution in [0, 0.1) is 5.92 Å². The van der Waals surface area contributed by atoms with Gasteiger partial charge in [-0.1, -0.05) is 44.2 Å². The molecule has 1 heterocycles. The first-order chi connectivity index (χ1) is 9.65. The third kappa shape index (κ3) is 4.53. The molecule has 0 saturated carbocycles. The largest absolute Gasteiger partial charge is 0.372 e. The highest BCUT2D eigenvalue weighted by Crippen LogP contribution is 2.14. The van der Waals surface area contributed by atoms with E-state index in [-0.39, 0.29) is 12.1 Å². The minimum Gasteiger partial charge on any atom is -0.372 e. The molecule has 20 heavy (non-hydrogen) atoms. The first-order valence-corrected chi connectivity index (χ1v) is 7.33. The van der Waals surface area contributed by atoms with E-state index in [1.54, 1.807) is 0 Å². The van der Waals surface area contributed by atoms with Gasteiger partial charge in [-0.2, -0.15) is 0 Å². The Bertz CT molecular complexity index is 420. The van der Waals surface area contributed by atoms with Crippen molar-refractivity contribution in [3.05, 3.63) is 35.9 Å². The highest BCUT2D eigenvalue weighted by Gasteiger charge is 2.26. The molecule has 0 bridgehead atoms. The van der Waals surface area contributed by atoms with Crippen LogP contribution in [0.2, 0.25) is 0 Å². The maximum Gasteiger partial charge on any atom is 0.317 e. The molecule has 110 valence electrons. The number of benzene rings is 1. The van der Waals surface area contributed by atoms with Gasteiger partial charge < -0.3 is 15.0 Å². The maximum atomic E-state index is 11.9. The van der Waals surface area contributed by atoms with Gasteiger partial charge in [-0.05, 0) is 17.9 Å². The molecule has 0 spiro atoms. The maximum absolute atomic E-state index is 11.9. The summed E-state index contributed by atoms with van der Waals surface area (Å²) >= 11 is 0. The van der Waals surface area contributed by atoms with Crippen LogP contribution < -0.4 is 5.32 Å². The van der Waals surface area contributed by atoms with Crippen LogP contribution in [0.4, 0.5) is 4.79 Å². The van der Waals surface area contributed by atoms with Crippen molar-refractivity contribution >= 4 is 6.03 Å². The van der Waals surface area contributed by atoms with Crippen LogP contribution in [0.1, 0.15) is 25.8 Å². The van der Waals surface area contributed by atoms with Gasteiger partial charge in [0.15, 0.2) is 0 Å². The van der Waals surface area contributed by atoms with Crippen molar-refractivity contribution < 1.29 is 9.53 Å². The van der Waals surface area contributed by atoms with E-state index >= 15 is 0 Å². The molecular weight excluding hydrogens is 252 g/mol. The number of amides is 2. The van der Waals surface area contributed by atoms with Crippen molar-refractivity contribution in [3.8, 4) is 0 Å². The molecule has 4 nitrogen and oxygen atoms in total. The Morgan fingerprint density at radius 2 is 2.15 bits per heavy atom. The number of hydrogen-bond acceptors (Lipinski definition) is 2. The fraction of sp³-hybridized carbons (Fsp3) is 0.562. The van der Waals surface area contributed by atoms with Crippen molar-refractivity contribution in [2.75, 3.05) is 19.6 Å². The van der Waals surface area contributed by atoms with Crippen LogP contribution in [0.15, 0.2) is 30.3 Å². The quantitative estimate of drug-likeness (QED) is 0.898. The number of hydrogen-bond donors (Lipinski definition) is 1. The Morgan fingerprint density at radius 1 is 1.40 bits per heavy atom. The SMILES string of the molecule is CC(C)CNC(=O)N1CCC(OCc2ccccc2)C1. The number of likely N-dealkylation sites (tertiary alicyclic amines) is 1. The molecule has 1 atom stereocenters. The molecule has 1 aliphatic heterocycles. The van der Waals surface area contributed by atoms with E-state index in [1.165, 1.54) is 5.56 Å². The van der Waals surface area contributed by atoms with E-state index in [4.69, 9.17) is 4.74 Å². The summed E-state index contributed by atoms with van der Waals surface area (Å²) in [5, 5.41) is 2.95. The molecule has 0 aromatic heterocycles.